The molecule has 17 heavy (non-hydrogen) atoms. The highest BCUT2D eigenvalue weighted by Crippen LogP contribution is 2.23. The van der Waals surface area contributed by atoms with Gasteiger partial charge in [-0.25, -0.2) is 9.69 Å². The third-order valence-corrected chi connectivity index (χ3v) is 3.15. The van der Waals surface area contributed by atoms with Gasteiger partial charge in [0, 0.05) is 12.6 Å². The maximum Gasteiger partial charge on any atom is 0.417 e. The van der Waals surface area contributed by atoms with Crippen LogP contribution >= 0.6 is 0 Å². The first-order valence-corrected chi connectivity index (χ1v) is 6.14. The quantitative estimate of drug-likeness (QED) is 0.639. The number of hydrogen-bond donors (Lipinski definition) is 0. The van der Waals surface area contributed by atoms with Crippen molar-refractivity contribution in [1.29, 1.82) is 0 Å². The van der Waals surface area contributed by atoms with E-state index in [1.54, 1.807) is 20.8 Å². The Morgan fingerprint density at radius 2 is 2.12 bits per heavy atom. The third kappa shape index (κ3) is 2.77. The van der Waals surface area contributed by atoms with E-state index in [0.717, 1.165) is 19.4 Å². The minimum absolute atomic E-state index is 0.141. The van der Waals surface area contributed by atoms with Crippen molar-refractivity contribution in [2.75, 3.05) is 19.6 Å². The van der Waals surface area contributed by atoms with Gasteiger partial charge in [0.25, 0.3) is 0 Å². The Labute approximate surface area is 102 Å². The fourth-order valence-corrected chi connectivity index (χ4v) is 2.38. The Kier molecular flexibility index (Phi) is 3.12. The maximum absolute atomic E-state index is 11.9. The number of carbonyl (C=O) groups excluding carboxylic acids is 2. The molecule has 2 amide bonds. The van der Waals surface area contributed by atoms with Gasteiger partial charge in [-0.15, -0.1) is 0 Å². The molecule has 5 nitrogen and oxygen atoms in total. The minimum atomic E-state index is -0.551. The number of ether oxygens (including phenoxy) is 1. The number of piperazine rings is 1. The second kappa shape index (κ2) is 4.29. The molecule has 5 heteroatoms. The molecule has 2 rings (SSSR count). The van der Waals surface area contributed by atoms with Crippen LogP contribution in [0, 0.1) is 0 Å². The second-order valence-corrected chi connectivity index (χ2v) is 5.75. The van der Waals surface area contributed by atoms with Crippen LogP contribution in [0.3, 0.4) is 0 Å². The van der Waals surface area contributed by atoms with Gasteiger partial charge in [-0.2, -0.15) is 0 Å². The molecule has 0 saturated carbocycles. The molecule has 2 heterocycles. The zero-order chi connectivity index (χ0) is 12.6. The van der Waals surface area contributed by atoms with Crippen LogP contribution in [-0.4, -0.2) is 53.1 Å². The lowest BCUT2D eigenvalue weighted by Gasteiger charge is -2.36. The van der Waals surface area contributed by atoms with E-state index in [2.05, 4.69) is 4.90 Å². The second-order valence-electron chi connectivity index (χ2n) is 5.75. The predicted octanol–water partition coefficient (Wildman–Crippen LogP) is 1.23. The van der Waals surface area contributed by atoms with Crippen molar-refractivity contribution >= 4 is 12.0 Å². The number of rotatable bonds is 0. The Morgan fingerprint density at radius 3 is 2.76 bits per heavy atom. The third-order valence-electron chi connectivity index (χ3n) is 3.15. The predicted molar refractivity (Wildman–Crippen MR) is 62.5 cm³/mol. The average molecular weight is 240 g/mol. The number of imide groups is 1. The molecule has 0 spiro atoms. The summed E-state index contributed by atoms with van der Waals surface area (Å²) in [5.41, 5.74) is -0.551. The van der Waals surface area contributed by atoms with E-state index in [0.29, 0.717) is 19.1 Å². The SMILES string of the molecule is CC(C)(C)OC(=O)N1CC2CCCN2CC1=O. The average Bonchev–Trinajstić information content (AvgIpc) is 2.60. The topological polar surface area (TPSA) is 49.9 Å². The first-order valence-electron chi connectivity index (χ1n) is 6.14. The van der Waals surface area contributed by atoms with E-state index in [9.17, 15) is 9.59 Å². The summed E-state index contributed by atoms with van der Waals surface area (Å²) in [6, 6.07) is 0.334. The van der Waals surface area contributed by atoms with E-state index < -0.39 is 11.7 Å². The van der Waals surface area contributed by atoms with Crippen LogP contribution < -0.4 is 0 Å². The van der Waals surface area contributed by atoms with Gasteiger partial charge in [-0.05, 0) is 40.2 Å². The van der Waals surface area contributed by atoms with Crippen LogP contribution in [0.2, 0.25) is 0 Å². The van der Waals surface area contributed by atoms with E-state index in [4.69, 9.17) is 4.74 Å². The molecule has 0 aromatic carbocycles. The molecular weight excluding hydrogens is 220 g/mol. The van der Waals surface area contributed by atoms with Crippen molar-refractivity contribution in [3.05, 3.63) is 0 Å². The number of fused-ring (bicyclic) bond motifs is 1. The van der Waals surface area contributed by atoms with Gasteiger partial charge >= 0.3 is 6.09 Å². The van der Waals surface area contributed by atoms with Crippen molar-refractivity contribution in [2.45, 2.75) is 45.3 Å². The van der Waals surface area contributed by atoms with Gasteiger partial charge < -0.3 is 4.74 Å². The van der Waals surface area contributed by atoms with Crippen LogP contribution in [0.4, 0.5) is 4.79 Å². The first kappa shape index (κ1) is 12.4. The summed E-state index contributed by atoms with van der Waals surface area (Å²) in [5.74, 6) is -0.141. The summed E-state index contributed by atoms with van der Waals surface area (Å²) in [5, 5.41) is 0. The molecule has 0 bridgehead atoms. The number of carbonyl (C=O) groups is 2. The summed E-state index contributed by atoms with van der Waals surface area (Å²) in [4.78, 5) is 27.1. The summed E-state index contributed by atoms with van der Waals surface area (Å²) >= 11 is 0. The van der Waals surface area contributed by atoms with Crippen LogP contribution in [0.15, 0.2) is 0 Å². The summed E-state index contributed by atoms with van der Waals surface area (Å²) in [6.07, 6.45) is 1.67. The van der Waals surface area contributed by atoms with Crippen LogP contribution in [0.1, 0.15) is 33.6 Å². The van der Waals surface area contributed by atoms with Gasteiger partial charge in [-0.1, -0.05) is 0 Å². The van der Waals surface area contributed by atoms with Crippen molar-refractivity contribution in [1.82, 2.24) is 9.80 Å². The van der Waals surface area contributed by atoms with E-state index in [-0.39, 0.29) is 5.91 Å². The smallest absolute Gasteiger partial charge is 0.417 e. The highest BCUT2D eigenvalue weighted by Gasteiger charge is 2.39. The zero-order valence-corrected chi connectivity index (χ0v) is 10.7. The molecule has 0 aromatic rings. The lowest BCUT2D eigenvalue weighted by atomic mass is 10.1. The lowest BCUT2D eigenvalue weighted by molar-refractivity contribution is -0.136. The Hall–Kier alpha value is -1.10. The van der Waals surface area contributed by atoms with Gasteiger partial charge in [0.15, 0.2) is 0 Å². The van der Waals surface area contributed by atoms with Crippen molar-refractivity contribution in [3.8, 4) is 0 Å². The summed E-state index contributed by atoms with van der Waals surface area (Å²) in [7, 11) is 0. The normalized spacial score (nSPS) is 25.9. The maximum atomic E-state index is 11.9. The van der Waals surface area contributed by atoms with Gasteiger partial charge in [-0.3, -0.25) is 9.69 Å². The molecule has 1 atom stereocenters. The lowest BCUT2D eigenvalue weighted by Crippen LogP contribution is -2.56. The largest absolute Gasteiger partial charge is 0.443 e. The zero-order valence-electron chi connectivity index (χ0n) is 10.7. The first-order chi connectivity index (χ1) is 7.87. The molecule has 0 radical (unpaired) electrons. The van der Waals surface area contributed by atoms with Gasteiger partial charge in [0.1, 0.15) is 5.60 Å². The Morgan fingerprint density at radius 1 is 1.41 bits per heavy atom. The summed E-state index contributed by atoms with van der Waals surface area (Å²) in [6.45, 7) is 7.22. The highest BCUT2D eigenvalue weighted by atomic mass is 16.6. The molecule has 2 saturated heterocycles. The number of hydrogen-bond acceptors (Lipinski definition) is 4. The minimum Gasteiger partial charge on any atom is -0.443 e. The van der Waals surface area contributed by atoms with Crippen LogP contribution in [-0.2, 0) is 9.53 Å². The Balaban J connectivity index is 2.01. The monoisotopic (exact) mass is 240 g/mol. The number of amides is 2. The molecule has 0 aromatic heterocycles. The molecule has 2 aliphatic rings. The molecule has 1 unspecified atom stereocenters. The van der Waals surface area contributed by atoms with Crippen molar-refractivity contribution in [3.63, 3.8) is 0 Å². The fourth-order valence-electron chi connectivity index (χ4n) is 2.38. The Bertz CT molecular complexity index is 335. The van der Waals surface area contributed by atoms with Crippen LogP contribution in [0.25, 0.3) is 0 Å². The highest BCUT2D eigenvalue weighted by molar-refractivity contribution is 5.93. The number of nitrogens with zero attached hydrogens (tertiary/aromatic N) is 2. The fraction of sp³-hybridized carbons (Fsp3) is 0.833. The molecule has 2 fully saturated rings. The van der Waals surface area contributed by atoms with Crippen LogP contribution in [0.5, 0.6) is 0 Å². The van der Waals surface area contributed by atoms with Crippen molar-refractivity contribution < 1.29 is 14.3 Å². The molecule has 96 valence electrons. The van der Waals surface area contributed by atoms with E-state index in [1.165, 1.54) is 4.90 Å². The molecule has 0 N–H and O–H groups in total. The van der Waals surface area contributed by atoms with Gasteiger partial charge in [0.2, 0.25) is 5.91 Å². The van der Waals surface area contributed by atoms with E-state index in [1.807, 2.05) is 0 Å². The molecule has 2 aliphatic heterocycles. The van der Waals surface area contributed by atoms with Gasteiger partial charge in [0.05, 0.1) is 6.54 Å². The summed E-state index contributed by atoms with van der Waals surface area (Å²) < 4.78 is 5.24. The molecule has 0 aliphatic carbocycles. The van der Waals surface area contributed by atoms with Crippen molar-refractivity contribution in [2.24, 2.45) is 0 Å². The van der Waals surface area contributed by atoms with E-state index >= 15 is 0 Å². The molecular formula is C12H20N2O3. The standard InChI is InChI=1S/C12H20N2O3/c1-12(2,3)17-11(16)14-7-9-5-4-6-13(9)8-10(14)15/h9H,4-8H2,1-3H3.